The van der Waals surface area contributed by atoms with Gasteiger partial charge in [0.2, 0.25) is 5.89 Å². The van der Waals surface area contributed by atoms with Crippen LogP contribution in [0.1, 0.15) is 44.8 Å². The zero-order valence-electron chi connectivity index (χ0n) is 9.62. The first-order valence-electron chi connectivity index (χ1n) is 5.96. The quantitative estimate of drug-likeness (QED) is 0.826. The van der Waals surface area contributed by atoms with Crippen molar-refractivity contribution in [3.63, 3.8) is 0 Å². The Morgan fingerprint density at radius 1 is 1.53 bits per heavy atom. The third kappa shape index (κ3) is 2.59. The van der Waals surface area contributed by atoms with Crippen LogP contribution in [0.3, 0.4) is 0 Å². The highest BCUT2D eigenvalue weighted by Crippen LogP contribution is 2.24. The smallest absolute Gasteiger partial charge is 0.208 e. The Morgan fingerprint density at radius 3 is 3.00 bits per heavy atom. The molecule has 0 saturated heterocycles. The van der Waals surface area contributed by atoms with E-state index in [1.807, 2.05) is 6.20 Å². The van der Waals surface area contributed by atoms with Crippen molar-refractivity contribution in [2.45, 2.75) is 52.1 Å². The molecule has 2 atom stereocenters. The summed E-state index contributed by atoms with van der Waals surface area (Å²) in [5.41, 5.74) is 0. The SMILES string of the molecule is CCc1cnc(CNC2CCCC2C)o1. The van der Waals surface area contributed by atoms with Crippen molar-refractivity contribution in [2.24, 2.45) is 5.92 Å². The molecule has 2 rings (SSSR count). The molecule has 1 aromatic rings. The minimum Gasteiger partial charge on any atom is -0.444 e. The summed E-state index contributed by atoms with van der Waals surface area (Å²) in [4.78, 5) is 4.24. The van der Waals surface area contributed by atoms with Gasteiger partial charge in [0.1, 0.15) is 5.76 Å². The number of nitrogens with one attached hydrogen (secondary N) is 1. The molecule has 1 N–H and O–H groups in total. The van der Waals surface area contributed by atoms with E-state index < -0.39 is 0 Å². The molecule has 1 aliphatic rings. The number of rotatable bonds is 4. The number of aryl methyl sites for hydroxylation is 1. The highest BCUT2D eigenvalue weighted by atomic mass is 16.4. The third-order valence-corrected chi connectivity index (χ3v) is 3.33. The molecule has 0 amide bonds. The van der Waals surface area contributed by atoms with Crippen LogP contribution in [0.2, 0.25) is 0 Å². The lowest BCUT2D eigenvalue weighted by Crippen LogP contribution is -2.30. The van der Waals surface area contributed by atoms with Gasteiger partial charge in [-0.05, 0) is 18.8 Å². The maximum Gasteiger partial charge on any atom is 0.208 e. The molecule has 0 radical (unpaired) electrons. The van der Waals surface area contributed by atoms with Crippen molar-refractivity contribution in [1.82, 2.24) is 10.3 Å². The van der Waals surface area contributed by atoms with Gasteiger partial charge in [-0.25, -0.2) is 4.98 Å². The highest BCUT2D eigenvalue weighted by Gasteiger charge is 2.22. The van der Waals surface area contributed by atoms with Crippen LogP contribution in [0, 0.1) is 5.92 Å². The number of nitrogens with zero attached hydrogens (tertiary/aromatic N) is 1. The van der Waals surface area contributed by atoms with E-state index in [0.29, 0.717) is 6.04 Å². The summed E-state index contributed by atoms with van der Waals surface area (Å²) >= 11 is 0. The number of oxazole rings is 1. The van der Waals surface area contributed by atoms with Gasteiger partial charge >= 0.3 is 0 Å². The average Bonchev–Trinajstić information content (AvgIpc) is 2.84. The normalized spacial score (nSPS) is 26.0. The topological polar surface area (TPSA) is 38.1 Å². The van der Waals surface area contributed by atoms with E-state index in [9.17, 15) is 0 Å². The second-order valence-corrected chi connectivity index (χ2v) is 4.47. The van der Waals surface area contributed by atoms with E-state index in [1.54, 1.807) is 0 Å². The first kappa shape index (κ1) is 10.7. The lowest BCUT2D eigenvalue weighted by Gasteiger charge is -2.15. The van der Waals surface area contributed by atoms with Gasteiger partial charge in [-0.1, -0.05) is 20.3 Å². The molecular formula is C12H20N2O. The summed E-state index contributed by atoms with van der Waals surface area (Å²) in [6.45, 7) is 5.17. The van der Waals surface area contributed by atoms with Gasteiger partial charge in [0.05, 0.1) is 12.7 Å². The minimum absolute atomic E-state index is 0.655. The summed E-state index contributed by atoms with van der Waals surface area (Å²) < 4.78 is 5.55. The van der Waals surface area contributed by atoms with Crippen LogP contribution in [-0.2, 0) is 13.0 Å². The van der Waals surface area contributed by atoms with Crippen molar-refractivity contribution in [3.8, 4) is 0 Å². The van der Waals surface area contributed by atoms with Gasteiger partial charge in [-0.2, -0.15) is 0 Å². The van der Waals surface area contributed by atoms with Crippen LogP contribution in [0.5, 0.6) is 0 Å². The van der Waals surface area contributed by atoms with Crippen LogP contribution in [0.25, 0.3) is 0 Å². The van der Waals surface area contributed by atoms with Crippen molar-refractivity contribution >= 4 is 0 Å². The van der Waals surface area contributed by atoms with Crippen molar-refractivity contribution < 1.29 is 4.42 Å². The van der Waals surface area contributed by atoms with Gasteiger partial charge < -0.3 is 9.73 Å². The zero-order chi connectivity index (χ0) is 10.7. The van der Waals surface area contributed by atoms with E-state index in [1.165, 1.54) is 19.3 Å². The Labute approximate surface area is 91.3 Å². The summed E-state index contributed by atoms with van der Waals surface area (Å²) in [6, 6.07) is 0.655. The fourth-order valence-corrected chi connectivity index (χ4v) is 2.26. The Kier molecular flexibility index (Phi) is 3.41. The van der Waals surface area contributed by atoms with Gasteiger partial charge in [0.15, 0.2) is 0 Å². The first-order chi connectivity index (χ1) is 7.29. The van der Waals surface area contributed by atoms with Gasteiger partial charge in [-0.3, -0.25) is 0 Å². The molecule has 0 aliphatic heterocycles. The van der Waals surface area contributed by atoms with E-state index >= 15 is 0 Å². The zero-order valence-corrected chi connectivity index (χ0v) is 9.62. The van der Waals surface area contributed by atoms with E-state index in [4.69, 9.17) is 4.42 Å². The maximum absolute atomic E-state index is 5.55. The molecule has 1 aliphatic carbocycles. The average molecular weight is 208 g/mol. The van der Waals surface area contributed by atoms with Crippen LogP contribution < -0.4 is 5.32 Å². The molecule has 3 heteroatoms. The van der Waals surface area contributed by atoms with Crippen LogP contribution >= 0.6 is 0 Å². The fraction of sp³-hybridized carbons (Fsp3) is 0.750. The van der Waals surface area contributed by atoms with Gasteiger partial charge in [-0.15, -0.1) is 0 Å². The monoisotopic (exact) mass is 208 g/mol. The Bertz CT molecular complexity index is 308. The molecule has 0 bridgehead atoms. The Balaban J connectivity index is 1.82. The maximum atomic E-state index is 5.55. The van der Waals surface area contributed by atoms with E-state index in [2.05, 4.69) is 24.1 Å². The predicted octanol–water partition coefficient (Wildman–Crippen LogP) is 2.52. The molecule has 1 heterocycles. The minimum atomic E-state index is 0.655. The lowest BCUT2D eigenvalue weighted by molar-refractivity contribution is 0.380. The first-order valence-corrected chi connectivity index (χ1v) is 5.96. The van der Waals surface area contributed by atoms with Crippen molar-refractivity contribution in [3.05, 3.63) is 17.8 Å². The summed E-state index contributed by atoms with van der Waals surface area (Å²) in [5.74, 6) is 2.60. The lowest BCUT2D eigenvalue weighted by atomic mass is 10.1. The fourth-order valence-electron chi connectivity index (χ4n) is 2.26. The molecule has 0 spiro atoms. The molecule has 1 fully saturated rings. The predicted molar refractivity (Wildman–Crippen MR) is 59.5 cm³/mol. The van der Waals surface area contributed by atoms with Crippen molar-refractivity contribution in [2.75, 3.05) is 0 Å². The summed E-state index contributed by atoms with van der Waals surface area (Å²) in [6.07, 6.45) is 6.75. The second-order valence-electron chi connectivity index (χ2n) is 4.47. The largest absolute Gasteiger partial charge is 0.444 e. The molecule has 84 valence electrons. The molecule has 1 saturated carbocycles. The number of hydrogen-bond acceptors (Lipinski definition) is 3. The summed E-state index contributed by atoms with van der Waals surface area (Å²) in [5, 5.41) is 3.53. The standard InChI is InChI=1S/C12H20N2O/c1-3-10-7-14-12(15-10)8-13-11-6-4-5-9(11)2/h7,9,11,13H,3-6,8H2,1-2H3. The highest BCUT2D eigenvalue weighted by molar-refractivity contribution is 4.94. The van der Waals surface area contributed by atoms with Gasteiger partial charge in [0.25, 0.3) is 0 Å². The third-order valence-electron chi connectivity index (χ3n) is 3.33. The molecule has 2 unspecified atom stereocenters. The van der Waals surface area contributed by atoms with Crippen LogP contribution in [-0.4, -0.2) is 11.0 Å². The van der Waals surface area contributed by atoms with Gasteiger partial charge in [0, 0.05) is 12.5 Å². The Hall–Kier alpha value is -0.830. The Morgan fingerprint density at radius 2 is 2.40 bits per heavy atom. The van der Waals surface area contributed by atoms with Crippen molar-refractivity contribution in [1.29, 1.82) is 0 Å². The number of hydrogen-bond donors (Lipinski definition) is 1. The summed E-state index contributed by atoms with van der Waals surface area (Å²) in [7, 11) is 0. The number of aromatic nitrogens is 1. The van der Waals surface area contributed by atoms with E-state index in [-0.39, 0.29) is 0 Å². The van der Waals surface area contributed by atoms with E-state index in [0.717, 1.165) is 30.5 Å². The molecule has 1 aromatic heterocycles. The second kappa shape index (κ2) is 4.79. The molecule has 0 aromatic carbocycles. The molecular weight excluding hydrogens is 188 g/mol. The van der Waals surface area contributed by atoms with Crippen LogP contribution in [0.15, 0.2) is 10.6 Å². The molecule has 15 heavy (non-hydrogen) atoms. The molecule has 3 nitrogen and oxygen atoms in total. The van der Waals surface area contributed by atoms with Crippen LogP contribution in [0.4, 0.5) is 0 Å².